The van der Waals surface area contributed by atoms with Gasteiger partial charge < -0.3 is 4.74 Å². The maximum Gasteiger partial charge on any atom is 0.306 e. The second-order valence-electron chi connectivity index (χ2n) is 5.00. The molecule has 2 heterocycles. The predicted octanol–water partition coefficient (Wildman–Crippen LogP) is -0.555. The van der Waals surface area contributed by atoms with Gasteiger partial charge in [-0.05, 0) is 12.8 Å². The molecule has 22 heavy (non-hydrogen) atoms. The van der Waals surface area contributed by atoms with Crippen LogP contribution in [0, 0.1) is 0 Å². The van der Waals surface area contributed by atoms with Gasteiger partial charge >= 0.3 is 5.97 Å². The van der Waals surface area contributed by atoms with Crippen LogP contribution >= 0.6 is 0 Å². The lowest BCUT2D eigenvalue weighted by Crippen LogP contribution is -2.30. The van der Waals surface area contributed by atoms with E-state index in [0.717, 1.165) is 4.90 Å². The van der Waals surface area contributed by atoms with Crippen LogP contribution in [-0.4, -0.2) is 47.1 Å². The van der Waals surface area contributed by atoms with Crippen molar-refractivity contribution in [2.75, 3.05) is 6.54 Å². The molecular weight excluding hydrogens is 292 g/mol. The fourth-order valence-corrected chi connectivity index (χ4v) is 2.16. The number of esters is 1. The van der Waals surface area contributed by atoms with Crippen molar-refractivity contribution in [3.8, 4) is 0 Å². The van der Waals surface area contributed by atoms with E-state index in [1.165, 1.54) is 12.2 Å². The van der Waals surface area contributed by atoms with Crippen LogP contribution in [0.1, 0.15) is 32.1 Å². The molecule has 117 valence electrons. The molecule has 1 unspecified atom stereocenters. The summed E-state index contributed by atoms with van der Waals surface area (Å²) in [5.74, 6) is -2.48. The highest BCUT2D eigenvalue weighted by Gasteiger charge is 2.35. The Balaban J connectivity index is 1.58. The topological polar surface area (TPSA) is 112 Å². The van der Waals surface area contributed by atoms with Gasteiger partial charge in [0.25, 0.3) is 23.6 Å². The van der Waals surface area contributed by atoms with E-state index in [-0.39, 0.29) is 24.7 Å². The van der Waals surface area contributed by atoms with Crippen molar-refractivity contribution in [1.82, 2.24) is 10.2 Å². The summed E-state index contributed by atoms with van der Waals surface area (Å²) in [6, 6.07) is 0. The monoisotopic (exact) mass is 307 g/mol. The molecule has 0 aromatic carbocycles. The fourth-order valence-electron chi connectivity index (χ4n) is 2.16. The lowest BCUT2D eigenvalue weighted by Gasteiger charge is -2.13. The van der Waals surface area contributed by atoms with E-state index in [9.17, 15) is 24.0 Å². The van der Waals surface area contributed by atoms with Crippen LogP contribution in [0.5, 0.6) is 0 Å². The molecule has 0 aromatic rings. The summed E-state index contributed by atoms with van der Waals surface area (Å²) < 4.78 is 4.88. The van der Waals surface area contributed by atoms with Gasteiger partial charge in [0.05, 0.1) is 6.42 Å². The molecule has 1 fully saturated rings. The molecule has 2 aliphatic heterocycles. The first-order valence-electron chi connectivity index (χ1n) is 6.99. The highest BCUT2D eigenvalue weighted by Crippen LogP contribution is 2.11. The van der Waals surface area contributed by atoms with E-state index >= 15 is 0 Å². The first kappa shape index (κ1) is 15.9. The number of rotatable bonds is 7. The van der Waals surface area contributed by atoms with Crippen LogP contribution in [0.4, 0.5) is 0 Å². The number of imide groups is 2. The SMILES string of the molecule is O=C1CC(OC(=O)CCCCCN2C(=O)C=CC2=O)C(=O)[N]1. The highest BCUT2D eigenvalue weighted by molar-refractivity contribution is 6.12. The molecule has 4 amide bonds. The Hall–Kier alpha value is -2.51. The molecule has 1 radical (unpaired) electrons. The molecule has 0 aromatic heterocycles. The Morgan fingerprint density at radius 2 is 1.82 bits per heavy atom. The number of hydrogen-bond donors (Lipinski definition) is 0. The summed E-state index contributed by atoms with van der Waals surface area (Å²) in [6.07, 6.45) is 3.03. The van der Waals surface area contributed by atoms with E-state index in [0.29, 0.717) is 25.8 Å². The van der Waals surface area contributed by atoms with Crippen molar-refractivity contribution < 1.29 is 28.7 Å². The Morgan fingerprint density at radius 3 is 2.41 bits per heavy atom. The van der Waals surface area contributed by atoms with E-state index in [1.54, 1.807) is 0 Å². The zero-order valence-electron chi connectivity index (χ0n) is 11.8. The second-order valence-corrected chi connectivity index (χ2v) is 5.00. The van der Waals surface area contributed by atoms with Gasteiger partial charge in [0, 0.05) is 25.1 Å². The first-order valence-corrected chi connectivity index (χ1v) is 6.99. The maximum absolute atomic E-state index is 11.5. The van der Waals surface area contributed by atoms with Gasteiger partial charge in [-0.3, -0.25) is 28.9 Å². The van der Waals surface area contributed by atoms with Crippen LogP contribution in [0.3, 0.4) is 0 Å². The lowest BCUT2D eigenvalue weighted by atomic mass is 10.2. The molecule has 0 bridgehead atoms. The average molecular weight is 307 g/mol. The van der Waals surface area contributed by atoms with E-state index in [1.807, 2.05) is 0 Å². The Bertz CT molecular complexity index is 536. The highest BCUT2D eigenvalue weighted by atomic mass is 16.5. The molecular formula is C14H15N2O6. The minimum absolute atomic E-state index is 0.109. The largest absolute Gasteiger partial charge is 0.452 e. The van der Waals surface area contributed by atoms with Crippen molar-refractivity contribution in [2.24, 2.45) is 0 Å². The van der Waals surface area contributed by atoms with Crippen molar-refractivity contribution in [3.63, 3.8) is 0 Å². The Labute approximate surface area is 126 Å². The number of carbonyl (C=O) groups is 5. The molecule has 0 saturated carbocycles. The number of nitrogens with zero attached hydrogens (tertiary/aromatic N) is 2. The molecule has 1 saturated heterocycles. The van der Waals surface area contributed by atoms with Crippen molar-refractivity contribution in [3.05, 3.63) is 12.2 Å². The normalized spacial score (nSPS) is 20.7. The standard InChI is InChI=1S/C14H15N2O6/c17-10-8-9(14(21)15-10)22-13(20)4-2-1-3-7-16-11(18)5-6-12(16)19/h5-6,9H,1-4,7-8H2. The third-order valence-corrected chi connectivity index (χ3v) is 3.31. The Kier molecular flexibility index (Phi) is 5.03. The van der Waals surface area contributed by atoms with Crippen molar-refractivity contribution in [2.45, 2.75) is 38.2 Å². The molecule has 0 aliphatic carbocycles. The third kappa shape index (κ3) is 4.00. The van der Waals surface area contributed by atoms with Crippen molar-refractivity contribution in [1.29, 1.82) is 0 Å². The second kappa shape index (κ2) is 6.97. The van der Waals surface area contributed by atoms with Gasteiger partial charge in [0.2, 0.25) is 0 Å². The predicted molar refractivity (Wildman–Crippen MR) is 71.0 cm³/mol. The van der Waals surface area contributed by atoms with Crippen LogP contribution in [-0.2, 0) is 28.7 Å². The maximum atomic E-state index is 11.5. The summed E-state index contributed by atoms with van der Waals surface area (Å²) in [6.45, 7) is 0.314. The summed E-state index contributed by atoms with van der Waals surface area (Å²) in [4.78, 5) is 57.3. The quantitative estimate of drug-likeness (QED) is 0.354. The van der Waals surface area contributed by atoms with Crippen LogP contribution in [0.25, 0.3) is 0 Å². The molecule has 2 rings (SSSR count). The van der Waals surface area contributed by atoms with E-state index < -0.39 is 23.9 Å². The summed E-state index contributed by atoms with van der Waals surface area (Å²) in [5.41, 5.74) is 0. The number of hydrogen-bond acceptors (Lipinski definition) is 6. The smallest absolute Gasteiger partial charge is 0.306 e. The van der Waals surface area contributed by atoms with Gasteiger partial charge in [-0.2, -0.15) is 5.32 Å². The third-order valence-electron chi connectivity index (χ3n) is 3.31. The molecule has 8 nitrogen and oxygen atoms in total. The van der Waals surface area contributed by atoms with E-state index in [4.69, 9.17) is 4.74 Å². The van der Waals surface area contributed by atoms with Gasteiger partial charge in [0.1, 0.15) is 0 Å². The van der Waals surface area contributed by atoms with Crippen LogP contribution < -0.4 is 5.32 Å². The number of carbonyl (C=O) groups excluding carboxylic acids is 5. The fraction of sp³-hybridized carbons (Fsp3) is 0.500. The van der Waals surface area contributed by atoms with Crippen LogP contribution in [0.15, 0.2) is 12.2 Å². The molecule has 0 N–H and O–H groups in total. The number of ether oxygens (including phenoxy) is 1. The molecule has 2 aliphatic rings. The summed E-state index contributed by atoms with van der Waals surface area (Å²) in [5, 5.41) is 3.16. The zero-order chi connectivity index (χ0) is 16.1. The molecule has 1 atom stereocenters. The number of amides is 4. The average Bonchev–Trinajstić information content (AvgIpc) is 2.93. The molecule has 8 heteroatoms. The van der Waals surface area contributed by atoms with Gasteiger partial charge in [-0.15, -0.1) is 0 Å². The Morgan fingerprint density at radius 1 is 1.14 bits per heavy atom. The first-order chi connectivity index (χ1) is 10.5. The van der Waals surface area contributed by atoms with Crippen LogP contribution in [0.2, 0.25) is 0 Å². The summed E-state index contributed by atoms with van der Waals surface area (Å²) >= 11 is 0. The minimum atomic E-state index is -1.08. The lowest BCUT2D eigenvalue weighted by molar-refractivity contribution is -0.154. The zero-order valence-corrected chi connectivity index (χ0v) is 11.8. The van der Waals surface area contributed by atoms with Crippen molar-refractivity contribution >= 4 is 29.6 Å². The minimum Gasteiger partial charge on any atom is -0.452 e. The van der Waals surface area contributed by atoms with E-state index in [2.05, 4.69) is 5.32 Å². The molecule has 0 spiro atoms. The van der Waals surface area contributed by atoms with Gasteiger partial charge in [0.15, 0.2) is 6.10 Å². The number of unbranched alkanes of at least 4 members (excludes halogenated alkanes) is 2. The van der Waals surface area contributed by atoms with Gasteiger partial charge in [-0.1, -0.05) is 6.42 Å². The van der Waals surface area contributed by atoms with Gasteiger partial charge in [-0.25, -0.2) is 0 Å². The summed E-state index contributed by atoms with van der Waals surface area (Å²) in [7, 11) is 0.